The van der Waals surface area contributed by atoms with Crippen molar-refractivity contribution < 1.29 is 28.3 Å². The van der Waals surface area contributed by atoms with Crippen molar-refractivity contribution in [1.29, 1.82) is 0 Å². The van der Waals surface area contributed by atoms with Gasteiger partial charge < -0.3 is 30.2 Å². The Morgan fingerprint density at radius 2 is 1.79 bits per heavy atom. The van der Waals surface area contributed by atoms with E-state index in [1.807, 2.05) is 29.0 Å². The molecule has 13 heteroatoms. The number of rotatable bonds is 11. The van der Waals surface area contributed by atoms with Crippen LogP contribution in [0.2, 0.25) is 0 Å². The zero-order valence-electron chi connectivity index (χ0n) is 21.2. The smallest absolute Gasteiger partial charge is 0.323 e. The van der Waals surface area contributed by atoms with Gasteiger partial charge >= 0.3 is 12.0 Å². The first-order chi connectivity index (χ1) is 18.8. The van der Waals surface area contributed by atoms with Gasteiger partial charge in [0.2, 0.25) is 0 Å². The number of amides is 3. The Bertz CT molecular complexity index is 1290. The molecule has 39 heavy (non-hydrogen) atoms. The number of hydrogen-bond donors (Lipinski definition) is 5. The average Bonchev–Trinajstić information content (AvgIpc) is 3.33. The molecule has 0 aliphatic heterocycles. The van der Waals surface area contributed by atoms with Crippen molar-refractivity contribution in [2.45, 2.75) is 57.3 Å². The van der Waals surface area contributed by atoms with Crippen LogP contribution in [0, 0.1) is 0 Å². The quantitative estimate of drug-likeness (QED) is 0.225. The summed E-state index contributed by atoms with van der Waals surface area (Å²) in [7, 11) is 0. The number of imidazole rings is 1. The van der Waals surface area contributed by atoms with E-state index in [1.165, 1.54) is 6.42 Å². The number of carbonyl (C=O) groups excluding carboxylic acids is 2. The molecule has 0 saturated heterocycles. The second-order valence-electron chi connectivity index (χ2n) is 9.49. The molecule has 1 fully saturated rings. The number of carboxylic acid groups (broad SMARTS) is 1. The largest absolute Gasteiger partial charge is 0.760 e. The summed E-state index contributed by atoms with van der Waals surface area (Å²) >= 11 is -2.79. The molecule has 1 heterocycles. The molecule has 2 aromatic carbocycles. The van der Waals surface area contributed by atoms with Gasteiger partial charge in [-0.1, -0.05) is 43.5 Å². The Hall–Kier alpha value is -3.81. The summed E-state index contributed by atoms with van der Waals surface area (Å²) in [4.78, 5) is 46.5. The number of aromatic amines is 1. The summed E-state index contributed by atoms with van der Waals surface area (Å²) in [5.41, 5.74) is 2.75. The molecule has 1 aromatic heterocycles. The molecule has 1 aliphatic rings. The average molecular weight is 556 g/mol. The lowest BCUT2D eigenvalue weighted by atomic mass is 9.96. The Balaban J connectivity index is 1.43. The van der Waals surface area contributed by atoms with Crippen molar-refractivity contribution in [1.82, 2.24) is 30.2 Å². The summed E-state index contributed by atoms with van der Waals surface area (Å²) in [6.45, 7) is 0.120. The van der Waals surface area contributed by atoms with Crippen LogP contribution in [-0.2, 0) is 29.2 Å². The molecule has 0 spiro atoms. The molecule has 0 radical (unpaired) electrons. The third-order valence-electron chi connectivity index (χ3n) is 6.59. The lowest BCUT2D eigenvalue weighted by Crippen LogP contribution is -2.46. The van der Waals surface area contributed by atoms with Gasteiger partial charge in [0.25, 0.3) is 5.91 Å². The van der Waals surface area contributed by atoms with Gasteiger partial charge in [-0.3, -0.25) is 13.8 Å². The molecule has 1 saturated carbocycles. The molecule has 208 valence electrons. The molecule has 4 rings (SSSR count). The molecule has 3 aromatic rings. The number of benzene rings is 2. The number of carbonyl (C=O) groups is 3. The monoisotopic (exact) mass is 555 g/mol. The van der Waals surface area contributed by atoms with E-state index in [4.69, 9.17) is 5.11 Å². The predicted octanol–water partition coefficient (Wildman–Crippen LogP) is 2.17. The van der Waals surface area contributed by atoms with E-state index >= 15 is 0 Å². The summed E-state index contributed by atoms with van der Waals surface area (Å²) in [6, 6.07) is 12.7. The number of nitrogens with zero attached hydrogens (tertiary/aromatic N) is 2. The fraction of sp³-hybridized carbons (Fsp3) is 0.385. The number of hydrogen-bond acceptors (Lipinski definition) is 6. The number of aliphatic carboxylic acids is 1. The second-order valence-corrected chi connectivity index (χ2v) is 10.2. The van der Waals surface area contributed by atoms with Gasteiger partial charge in [-0.2, -0.15) is 0 Å². The summed E-state index contributed by atoms with van der Waals surface area (Å²) in [5, 5.41) is 14.7. The summed E-state index contributed by atoms with van der Waals surface area (Å²) < 4.78 is 23.3. The molecule has 2 atom stereocenters. The van der Waals surface area contributed by atoms with Gasteiger partial charge in [-0.25, -0.2) is 14.5 Å². The minimum atomic E-state index is -2.79. The van der Waals surface area contributed by atoms with E-state index in [-0.39, 0.29) is 30.7 Å². The standard InChI is InChI=1S/C26H32N6O6S/c33-24(27-14-22(25(34)35)31-39(37)38)18-12-10-17(11-13-18)15-32(26(36)28-19-6-2-1-3-7-19)16-23-29-20-8-4-5-9-21(20)30-23/h4-5,8-13,19,22,31H,1-3,6-7,14-16H2,(H,27,33)(H,28,36)(H,29,30)(H,34,35)(H,37,38)/p-1. The molecule has 12 nitrogen and oxygen atoms in total. The summed E-state index contributed by atoms with van der Waals surface area (Å²) in [5.74, 6) is -1.31. The molecule has 5 N–H and O–H groups in total. The van der Waals surface area contributed by atoms with Gasteiger partial charge in [0.15, 0.2) is 0 Å². The van der Waals surface area contributed by atoms with Gasteiger partial charge in [-0.15, -0.1) is 0 Å². The Kier molecular flexibility index (Phi) is 9.63. The topological polar surface area (TPSA) is 180 Å². The Morgan fingerprint density at radius 3 is 2.46 bits per heavy atom. The molecule has 2 unspecified atom stereocenters. The van der Waals surface area contributed by atoms with E-state index in [0.717, 1.165) is 42.3 Å². The van der Waals surface area contributed by atoms with Crippen molar-refractivity contribution in [2.24, 2.45) is 0 Å². The maximum Gasteiger partial charge on any atom is 0.323 e. The molecule has 0 bridgehead atoms. The molecular weight excluding hydrogens is 524 g/mol. The van der Waals surface area contributed by atoms with Crippen LogP contribution in [0.5, 0.6) is 0 Å². The van der Waals surface area contributed by atoms with Gasteiger partial charge in [0.1, 0.15) is 11.9 Å². The summed E-state index contributed by atoms with van der Waals surface area (Å²) in [6.07, 6.45) is 5.28. The van der Waals surface area contributed by atoms with Crippen LogP contribution in [0.15, 0.2) is 48.5 Å². The maximum atomic E-state index is 13.3. The normalized spacial score (nSPS) is 15.4. The van der Waals surface area contributed by atoms with Crippen LogP contribution in [0.4, 0.5) is 4.79 Å². The third-order valence-corrected chi connectivity index (χ3v) is 7.07. The number of carboxylic acids is 1. The zero-order chi connectivity index (χ0) is 27.8. The maximum absolute atomic E-state index is 13.3. The minimum absolute atomic E-state index is 0.138. The van der Waals surface area contributed by atoms with E-state index < -0.39 is 35.7 Å². The van der Waals surface area contributed by atoms with Crippen molar-refractivity contribution in [2.75, 3.05) is 6.54 Å². The van der Waals surface area contributed by atoms with E-state index in [9.17, 15) is 23.1 Å². The number of fused-ring (bicyclic) bond motifs is 1. The number of aromatic nitrogens is 2. The van der Waals surface area contributed by atoms with E-state index in [1.54, 1.807) is 29.2 Å². The molecule has 3 amide bonds. The van der Waals surface area contributed by atoms with Crippen LogP contribution in [0.3, 0.4) is 0 Å². The van der Waals surface area contributed by atoms with Crippen LogP contribution in [0.25, 0.3) is 11.0 Å². The van der Waals surface area contributed by atoms with Crippen LogP contribution in [-0.4, -0.2) is 65.3 Å². The van der Waals surface area contributed by atoms with Crippen molar-refractivity contribution in [3.05, 3.63) is 65.5 Å². The highest BCUT2D eigenvalue weighted by Crippen LogP contribution is 2.19. The van der Waals surface area contributed by atoms with Gasteiger partial charge in [0, 0.05) is 36.0 Å². The lowest BCUT2D eigenvalue weighted by molar-refractivity contribution is -0.138. The Labute approximate surface area is 228 Å². The predicted molar refractivity (Wildman–Crippen MR) is 143 cm³/mol. The first-order valence-electron chi connectivity index (χ1n) is 12.7. The molecular formula is C26H31N6O6S-. The lowest BCUT2D eigenvalue weighted by Gasteiger charge is -2.28. The minimum Gasteiger partial charge on any atom is -0.760 e. The van der Waals surface area contributed by atoms with Crippen LogP contribution in [0.1, 0.15) is 53.8 Å². The van der Waals surface area contributed by atoms with Crippen molar-refractivity contribution in [3.63, 3.8) is 0 Å². The number of urea groups is 1. The van der Waals surface area contributed by atoms with Crippen LogP contribution >= 0.6 is 0 Å². The number of para-hydroxylation sites is 2. The second kappa shape index (κ2) is 13.3. The first kappa shape index (κ1) is 28.2. The Morgan fingerprint density at radius 1 is 1.08 bits per heavy atom. The van der Waals surface area contributed by atoms with Crippen molar-refractivity contribution >= 4 is 40.2 Å². The SMILES string of the molecule is O=C(NCC(NS(=O)[O-])C(=O)O)c1ccc(CN(Cc2nc3ccccc3[nH]2)C(=O)NC2CCCCC2)cc1. The van der Waals surface area contributed by atoms with E-state index in [2.05, 4.69) is 20.6 Å². The fourth-order valence-corrected chi connectivity index (χ4v) is 4.96. The highest BCUT2D eigenvalue weighted by molar-refractivity contribution is 7.77. The van der Waals surface area contributed by atoms with Gasteiger partial charge in [-0.05, 0) is 42.7 Å². The highest BCUT2D eigenvalue weighted by Gasteiger charge is 2.22. The number of nitrogens with one attached hydrogen (secondary N) is 4. The molecule has 1 aliphatic carbocycles. The van der Waals surface area contributed by atoms with Crippen LogP contribution < -0.4 is 15.4 Å². The third kappa shape index (κ3) is 8.09. The zero-order valence-corrected chi connectivity index (χ0v) is 22.0. The fourth-order valence-electron chi connectivity index (χ4n) is 4.55. The van der Waals surface area contributed by atoms with Crippen molar-refractivity contribution in [3.8, 4) is 0 Å². The number of H-pyrrole nitrogens is 1. The highest BCUT2D eigenvalue weighted by atomic mass is 32.2. The van der Waals surface area contributed by atoms with E-state index in [0.29, 0.717) is 5.82 Å². The first-order valence-corrected chi connectivity index (χ1v) is 13.8. The van der Waals surface area contributed by atoms with Gasteiger partial charge in [0.05, 0.1) is 17.6 Å².